The topological polar surface area (TPSA) is 64.5 Å². The normalized spacial score (nSPS) is 10.9. The standard InChI is InChI=1S/C43H29N5/c1-4-13-30(14-5-1)35-27-40(37-20-10-11-25-44-37)46-41(28-35)42-36(19-12-26-45-42)31-21-23-34(24-22-31)43-47-38(32-15-6-2-7-16-32)29-39(48-43)33-17-8-3-9-18-33/h1-29H. The van der Waals surface area contributed by atoms with Crippen molar-refractivity contribution in [2.75, 3.05) is 0 Å². The van der Waals surface area contributed by atoms with Crippen LogP contribution in [0.5, 0.6) is 0 Å². The highest BCUT2D eigenvalue weighted by molar-refractivity contribution is 5.83. The molecule has 0 saturated heterocycles. The monoisotopic (exact) mass is 615 g/mol. The van der Waals surface area contributed by atoms with Gasteiger partial charge in [-0.1, -0.05) is 127 Å². The lowest BCUT2D eigenvalue weighted by molar-refractivity contribution is 1.18. The van der Waals surface area contributed by atoms with Crippen molar-refractivity contribution in [2.24, 2.45) is 0 Å². The van der Waals surface area contributed by atoms with Gasteiger partial charge in [0.15, 0.2) is 5.82 Å². The van der Waals surface area contributed by atoms with E-state index in [2.05, 4.69) is 89.9 Å². The molecule has 0 aliphatic rings. The highest BCUT2D eigenvalue weighted by Crippen LogP contribution is 2.35. The molecule has 0 spiro atoms. The van der Waals surface area contributed by atoms with Gasteiger partial charge in [-0.05, 0) is 53.1 Å². The van der Waals surface area contributed by atoms with Crippen molar-refractivity contribution in [1.82, 2.24) is 24.9 Å². The molecule has 0 N–H and O–H groups in total. The summed E-state index contributed by atoms with van der Waals surface area (Å²) in [5, 5.41) is 0. The van der Waals surface area contributed by atoms with Gasteiger partial charge in [-0.3, -0.25) is 9.97 Å². The van der Waals surface area contributed by atoms with Crippen molar-refractivity contribution in [3.8, 4) is 78.9 Å². The second kappa shape index (κ2) is 13.0. The minimum Gasteiger partial charge on any atom is -0.255 e. The average Bonchev–Trinajstić information content (AvgIpc) is 3.19. The molecule has 0 amide bonds. The highest BCUT2D eigenvalue weighted by atomic mass is 14.9. The van der Waals surface area contributed by atoms with Gasteiger partial charge in [0.25, 0.3) is 0 Å². The smallest absolute Gasteiger partial charge is 0.160 e. The Kier molecular flexibility index (Phi) is 7.83. The van der Waals surface area contributed by atoms with Crippen LogP contribution in [0.3, 0.4) is 0 Å². The molecule has 0 aliphatic carbocycles. The third-order valence-electron chi connectivity index (χ3n) is 8.23. The molecule has 4 heterocycles. The third kappa shape index (κ3) is 6.00. The predicted octanol–water partition coefficient (Wildman–Crippen LogP) is 10.3. The van der Waals surface area contributed by atoms with E-state index in [0.717, 1.165) is 73.1 Å². The molecule has 5 heteroatoms. The quantitative estimate of drug-likeness (QED) is 0.178. The maximum Gasteiger partial charge on any atom is 0.160 e. The molecule has 226 valence electrons. The zero-order valence-electron chi connectivity index (χ0n) is 26.0. The van der Waals surface area contributed by atoms with Crippen LogP contribution >= 0.6 is 0 Å². The second-order valence-electron chi connectivity index (χ2n) is 11.4. The Bertz CT molecular complexity index is 2190. The molecule has 0 aliphatic heterocycles. The fraction of sp³-hybridized carbons (Fsp3) is 0. The van der Waals surface area contributed by atoms with Crippen LogP contribution in [0.25, 0.3) is 78.9 Å². The van der Waals surface area contributed by atoms with E-state index in [-0.39, 0.29) is 0 Å². The van der Waals surface area contributed by atoms with Crippen molar-refractivity contribution in [3.63, 3.8) is 0 Å². The third-order valence-corrected chi connectivity index (χ3v) is 8.23. The van der Waals surface area contributed by atoms with Crippen LogP contribution in [0.15, 0.2) is 176 Å². The van der Waals surface area contributed by atoms with Gasteiger partial charge in [0, 0.05) is 34.6 Å². The minimum absolute atomic E-state index is 0.672. The minimum atomic E-state index is 0.672. The van der Waals surface area contributed by atoms with Gasteiger partial charge < -0.3 is 0 Å². The first-order valence-corrected chi connectivity index (χ1v) is 15.8. The summed E-state index contributed by atoms with van der Waals surface area (Å²) < 4.78 is 0. The van der Waals surface area contributed by atoms with Gasteiger partial charge in [0.1, 0.15) is 0 Å². The van der Waals surface area contributed by atoms with Crippen LogP contribution in [0.4, 0.5) is 0 Å². The van der Waals surface area contributed by atoms with E-state index in [1.165, 1.54) is 0 Å². The van der Waals surface area contributed by atoms with E-state index >= 15 is 0 Å². The summed E-state index contributed by atoms with van der Waals surface area (Å²) in [6, 6.07) is 55.4. The molecule has 0 unspecified atom stereocenters. The number of pyridine rings is 3. The van der Waals surface area contributed by atoms with Crippen molar-refractivity contribution in [3.05, 3.63) is 176 Å². The van der Waals surface area contributed by atoms with Crippen LogP contribution in [0.1, 0.15) is 0 Å². The molecular formula is C43H29N5. The average molecular weight is 616 g/mol. The zero-order chi connectivity index (χ0) is 32.1. The Morgan fingerprint density at radius 1 is 0.292 bits per heavy atom. The van der Waals surface area contributed by atoms with E-state index in [1.807, 2.05) is 85.1 Å². The summed E-state index contributed by atoms with van der Waals surface area (Å²) in [4.78, 5) is 24.5. The van der Waals surface area contributed by atoms with Crippen LogP contribution in [0.2, 0.25) is 0 Å². The Morgan fingerprint density at radius 2 is 0.854 bits per heavy atom. The lowest BCUT2D eigenvalue weighted by atomic mass is 9.98. The molecule has 0 fully saturated rings. The first-order valence-electron chi connectivity index (χ1n) is 15.8. The van der Waals surface area contributed by atoms with Crippen LogP contribution in [0, 0.1) is 0 Å². The van der Waals surface area contributed by atoms with Crippen molar-refractivity contribution in [1.29, 1.82) is 0 Å². The summed E-state index contributed by atoms with van der Waals surface area (Å²) in [7, 11) is 0. The Hall–Kier alpha value is -6.59. The van der Waals surface area contributed by atoms with Gasteiger partial charge >= 0.3 is 0 Å². The van der Waals surface area contributed by atoms with Crippen LogP contribution in [-0.4, -0.2) is 24.9 Å². The molecule has 8 rings (SSSR count). The molecule has 8 aromatic rings. The van der Waals surface area contributed by atoms with Gasteiger partial charge in [-0.2, -0.15) is 0 Å². The maximum atomic E-state index is 5.08. The molecule has 0 atom stereocenters. The summed E-state index contributed by atoms with van der Waals surface area (Å²) in [5.41, 5.74) is 12.1. The summed E-state index contributed by atoms with van der Waals surface area (Å²) >= 11 is 0. The van der Waals surface area contributed by atoms with E-state index in [9.17, 15) is 0 Å². The fourth-order valence-electron chi connectivity index (χ4n) is 5.83. The van der Waals surface area contributed by atoms with Crippen LogP contribution in [-0.2, 0) is 0 Å². The molecular weight excluding hydrogens is 587 g/mol. The lowest BCUT2D eigenvalue weighted by Crippen LogP contribution is -1.97. The van der Waals surface area contributed by atoms with Gasteiger partial charge in [-0.15, -0.1) is 0 Å². The Balaban J connectivity index is 1.21. The molecule has 5 nitrogen and oxygen atoms in total. The molecule has 48 heavy (non-hydrogen) atoms. The van der Waals surface area contributed by atoms with Crippen molar-refractivity contribution >= 4 is 0 Å². The lowest BCUT2D eigenvalue weighted by Gasteiger charge is -2.13. The molecule has 0 bridgehead atoms. The van der Waals surface area contributed by atoms with E-state index in [0.29, 0.717) is 5.82 Å². The summed E-state index contributed by atoms with van der Waals surface area (Å²) in [6.45, 7) is 0. The van der Waals surface area contributed by atoms with Crippen molar-refractivity contribution < 1.29 is 0 Å². The number of hydrogen-bond acceptors (Lipinski definition) is 5. The number of nitrogens with zero attached hydrogens (tertiary/aromatic N) is 5. The van der Waals surface area contributed by atoms with E-state index in [1.54, 1.807) is 6.20 Å². The first-order chi connectivity index (χ1) is 23.8. The van der Waals surface area contributed by atoms with Gasteiger partial charge in [0.05, 0.1) is 34.2 Å². The molecule has 0 saturated carbocycles. The first kappa shape index (κ1) is 28.9. The molecule has 4 aromatic carbocycles. The fourth-order valence-corrected chi connectivity index (χ4v) is 5.83. The molecule has 4 aromatic heterocycles. The maximum absolute atomic E-state index is 5.08. The number of aromatic nitrogens is 5. The largest absolute Gasteiger partial charge is 0.255 e. The van der Waals surface area contributed by atoms with Crippen molar-refractivity contribution in [2.45, 2.75) is 0 Å². The number of rotatable bonds is 7. The SMILES string of the molecule is c1ccc(-c2cc(-c3ccccn3)nc(-c3ncccc3-c3ccc(-c4nc(-c5ccccc5)cc(-c5ccccc5)n4)cc3)c2)cc1. The Labute approximate surface area is 279 Å². The van der Waals surface area contributed by atoms with Gasteiger partial charge in [0.2, 0.25) is 0 Å². The van der Waals surface area contributed by atoms with Gasteiger partial charge in [-0.25, -0.2) is 15.0 Å². The highest BCUT2D eigenvalue weighted by Gasteiger charge is 2.16. The van der Waals surface area contributed by atoms with E-state index < -0.39 is 0 Å². The number of benzene rings is 4. The van der Waals surface area contributed by atoms with Crippen LogP contribution < -0.4 is 0 Å². The zero-order valence-corrected chi connectivity index (χ0v) is 26.0. The summed E-state index contributed by atoms with van der Waals surface area (Å²) in [5.74, 6) is 0.672. The summed E-state index contributed by atoms with van der Waals surface area (Å²) in [6.07, 6.45) is 3.61. The second-order valence-corrected chi connectivity index (χ2v) is 11.4. The number of hydrogen-bond donors (Lipinski definition) is 0. The van der Waals surface area contributed by atoms with E-state index in [4.69, 9.17) is 19.9 Å². The Morgan fingerprint density at radius 3 is 1.48 bits per heavy atom. The molecule has 0 radical (unpaired) electrons. The predicted molar refractivity (Wildman–Crippen MR) is 193 cm³/mol.